The topological polar surface area (TPSA) is 105 Å². The number of amides is 4. The molecule has 1 saturated carbocycles. The first-order valence-corrected chi connectivity index (χ1v) is 14.7. The van der Waals surface area contributed by atoms with E-state index in [1.807, 2.05) is 24.1 Å². The van der Waals surface area contributed by atoms with Crippen LogP contribution in [0.2, 0.25) is 0 Å². The largest absolute Gasteiger partial charge is 0.376 e. The number of halogens is 1. The van der Waals surface area contributed by atoms with E-state index in [4.69, 9.17) is 0 Å². The van der Waals surface area contributed by atoms with Crippen LogP contribution in [0.5, 0.6) is 0 Å². The summed E-state index contributed by atoms with van der Waals surface area (Å²) in [6.45, 7) is 3.16. The number of anilines is 1. The fraction of sp³-hybridized carbons (Fsp3) is 0.630. The Morgan fingerprint density at radius 2 is 1.87 bits per heavy atom. The zero-order valence-corrected chi connectivity index (χ0v) is 24.1. The van der Waals surface area contributed by atoms with Crippen molar-refractivity contribution in [3.8, 4) is 0 Å². The van der Waals surface area contributed by atoms with Crippen LogP contribution in [0.15, 0.2) is 18.2 Å². The first kappa shape index (κ1) is 27.3. The van der Waals surface area contributed by atoms with Crippen LogP contribution in [0.1, 0.15) is 67.3 Å². The summed E-state index contributed by atoms with van der Waals surface area (Å²) < 4.78 is 2.33. The van der Waals surface area contributed by atoms with Gasteiger partial charge in [0, 0.05) is 85.7 Å². The smallest absolute Gasteiger partial charge is 0.255 e. The van der Waals surface area contributed by atoms with Gasteiger partial charge in [0.15, 0.2) is 0 Å². The molecule has 2 atom stereocenters. The highest BCUT2D eigenvalue weighted by atomic mass is 127. The van der Waals surface area contributed by atoms with E-state index in [-0.39, 0.29) is 30.7 Å². The summed E-state index contributed by atoms with van der Waals surface area (Å²) >= 11 is 2.42. The van der Waals surface area contributed by atoms with E-state index in [0.717, 1.165) is 18.7 Å². The molecule has 0 spiro atoms. The molecule has 0 aromatic heterocycles. The number of fused-ring (bicyclic) bond motifs is 1. The van der Waals surface area contributed by atoms with E-state index in [2.05, 4.69) is 41.7 Å². The second kappa shape index (κ2) is 11.9. The van der Waals surface area contributed by atoms with Crippen molar-refractivity contribution in [2.24, 2.45) is 5.92 Å². The second-order valence-corrected chi connectivity index (χ2v) is 12.2. The van der Waals surface area contributed by atoms with Gasteiger partial charge in [0.05, 0.1) is 6.54 Å². The summed E-state index contributed by atoms with van der Waals surface area (Å²) in [5.41, 5.74) is 2.08. The number of likely N-dealkylation sites (N-methyl/N-ethyl adjacent to an activating group) is 1. The Kier molecular flexibility index (Phi) is 8.53. The third-order valence-electron chi connectivity index (χ3n) is 8.31. The Bertz CT molecular complexity index is 1090. The highest BCUT2D eigenvalue weighted by Crippen LogP contribution is 2.31. The number of nitrogens with zero attached hydrogens (tertiary/aromatic N) is 4. The van der Waals surface area contributed by atoms with Crippen LogP contribution < -0.4 is 10.6 Å². The minimum atomic E-state index is -0.633. The van der Waals surface area contributed by atoms with E-state index >= 15 is 0 Å². The SMILES string of the molecule is CN(CC1CN(I)N(C2CCCCCC2)C1)C(=O)CNc1ccc2c(c1)C(=O)N(C1CCC(=O)NC1=O)C2. The quantitative estimate of drug-likeness (QED) is 0.205. The van der Waals surface area contributed by atoms with Gasteiger partial charge in [-0.25, -0.2) is 5.01 Å². The minimum absolute atomic E-state index is 0.00919. The molecular weight excluding hydrogens is 599 g/mol. The Balaban J connectivity index is 1.12. The number of piperidine rings is 1. The molecule has 2 unspecified atom stereocenters. The number of benzene rings is 1. The molecule has 3 heterocycles. The zero-order valence-electron chi connectivity index (χ0n) is 22.0. The lowest BCUT2D eigenvalue weighted by Gasteiger charge is -2.30. The summed E-state index contributed by atoms with van der Waals surface area (Å²) in [4.78, 5) is 53.1. The summed E-state index contributed by atoms with van der Waals surface area (Å²) in [6.07, 6.45) is 8.40. The van der Waals surface area contributed by atoms with Gasteiger partial charge in [0.2, 0.25) is 17.7 Å². The molecule has 2 N–H and O–H groups in total. The Morgan fingerprint density at radius 3 is 2.61 bits per heavy atom. The van der Waals surface area contributed by atoms with Gasteiger partial charge in [-0.05, 0) is 37.0 Å². The number of hydrogen-bond donors (Lipinski definition) is 2. The van der Waals surface area contributed by atoms with Crippen molar-refractivity contribution >= 4 is 52.2 Å². The molecule has 11 heteroatoms. The standard InChI is InChI=1S/C27H37IN6O4/c1-31(14-18-15-33(34(28)16-18)21-6-4-2-3-5-7-21)25(36)13-29-20-9-8-19-17-32(27(38)22(19)12-20)23-10-11-24(35)30-26(23)37/h8-9,12,18,21,23,29H,2-7,10-11,13-17H2,1H3,(H,30,35,37). The van der Waals surface area contributed by atoms with E-state index < -0.39 is 11.9 Å². The van der Waals surface area contributed by atoms with Crippen LogP contribution >= 0.6 is 22.9 Å². The van der Waals surface area contributed by atoms with Gasteiger partial charge in [-0.1, -0.05) is 31.7 Å². The van der Waals surface area contributed by atoms with Crippen molar-refractivity contribution in [2.75, 3.05) is 38.5 Å². The molecule has 5 rings (SSSR count). The van der Waals surface area contributed by atoms with Gasteiger partial charge in [0.1, 0.15) is 6.04 Å². The van der Waals surface area contributed by atoms with Gasteiger partial charge < -0.3 is 15.1 Å². The minimum Gasteiger partial charge on any atom is -0.376 e. The van der Waals surface area contributed by atoms with Crippen LogP contribution in [0.4, 0.5) is 5.69 Å². The molecule has 10 nitrogen and oxygen atoms in total. The zero-order chi connectivity index (χ0) is 26.8. The molecule has 4 amide bonds. The van der Waals surface area contributed by atoms with E-state index in [1.165, 1.54) is 43.4 Å². The molecule has 3 fully saturated rings. The number of imide groups is 1. The molecule has 4 aliphatic rings. The molecule has 2 saturated heterocycles. The maximum atomic E-state index is 13.1. The number of nitrogens with one attached hydrogen (secondary N) is 2. The number of hydrazine groups is 1. The van der Waals surface area contributed by atoms with Crippen molar-refractivity contribution < 1.29 is 19.2 Å². The Labute approximate surface area is 237 Å². The van der Waals surface area contributed by atoms with Crippen LogP contribution in [-0.4, -0.2) is 87.0 Å². The van der Waals surface area contributed by atoms with Crippen LogP contribution in [0, 0.1) is 5.92 Å². The predicted molar refractivity (Wildman–Crippen MR) is 151 cm³/mol. The van der Waals surface area contributed by atoms with Gasteiger partial charge in [-0.15, -0.1) is 0 Å². The third kappa shape index (κ3) is 5.99. The number of rotatable bonds is 7. The number of hydrogen-bond acceptors (Lipinski definition) is 7. The molecule has 206 valence electrons. The van der Waals surface area contributed by atoms with E-state index in [1.54, 1.807) is 6.07 Å². The molecule has 1 aromatic carbocycles. The number of carbonyl (C=O) groups is 4. The number of carbonyl (C=O) groups excluding carboxylic acids is 4. The lowest BCUT2D eigenvalue weighted by atomic mass is 10.0. The monoisotopic (exact) mass is 636 g/mol. The molecule has 1 aliphatic carbocycles. The molecular formula is C27H37IN6O4. The maximum absolute atomic E-state index is 13.1. The summed E-state index contributed by atoms with van der Waals surface area (Å²) in [5, 5.41) is 8.02. The Morgan fingerprint density at radius 1 is 1.11 bits per heavy atom. The molecule has 0 radical (unpaired) electrons. The van der Waals surface area contributed by atoms with Crippen molar-refractivity contribution in [3.63, 3.8) is 0 Å². The van der Waals surface area contributed by atoms with E-state index in [9.17, 15) is 19.2 Å². The maximum Gasteiger partial charge on any atom is 0.255 e. The Hall–Kier alpha value is -2.25. The first-order valence-electron chi connectivity index (χ1n) is 13.8. The molecule has 3 aliphatic heterocycles. The normalized spacial score (nSPS) is 25.3. The summed E-state index contributed by atoms with van der Waals surface area (Å²) in [6, 6.07) is 5.47. The van der Waals surface area contributed by atoms with Crippen molar-refractivity contribution in [3.05, 3.63) is 29.3 Å². The average Bonchev–Trinajstić information content (AvgIpc) is 3.27. The van der Waals surface area contributed by atoms with Gasteiger partial charge >= 0.3 is 0 Å². The molecule has 0 bridgehead atoms. The third-order valence-corrected chi connectivity index (χ3v) is 9.26. The van der Waals surface area contributed by atoms with Crippen LogP contribution in [-0.2, 0) is 20.9 Å². The van der Waals surface area contributed by atoms with Crippen molar-refractivity contribution in [2.45, 2.75) is 70.0 Å². The lowest BCUT2D eigenvalue weighted by Crippen LogP contribution is -2.52. The second-order valence-electron chi connectivity index (χ2n) is 11.1. The van der Waals surface area contributed by atoms with Crippen molar-refractivity contribution in [1.82, 2.24) is 23.3 Å². The summed E-state index contributed by atoms with van der Waals surface area (Å²) in [7, 11) is 1.86. The van der Waals surface area contributed by atoms with Gasteiger partial charge in [-0.3, -0.25) is 24.5 Å². The predicted octanol–water partition coefficient (Wildman–Crippen LogP) is 2.54. The highest BCUT2D eigenvalue weighted by molar-refractivity contribution is 14.1. The fourth-order valence-electron chi connectivity index (χ4n) is 6.19. The van der Waals surface area contributed by atoms with Crippen molar-refractivity contribution in [1.29, 1.82) is 0 Å². The van der Waals surface area contributed by atoms with Gasteiger partial charge in [-0.2, -0.15) is 3.22 Å². The first-order chi connectivity index (χ1) is 18.3. The highest BCUT2D eigenvalue weighted by Gasteiger charge is 2.39. The lowest BCUT2D eigenvalue weighted by molar-refractivity contribution is -0.137. The van der Waals surface area contributed by atoms with Gasteiger partial charge in [0.25, 0.3) is 5.91 Å². The molecule has 1 aromatic rings. The average molecular weight is 637 g/mol. The molecule has 38 heavy (non-hydrogen) atoms. The van der Waals surface area contributed by atoms with Crippen LogP contribution in [0.3, 0.4) is 0 Å². The summed E-state index contributed by atoms with van der Waals surface area (Å²) in [5.74, 6) is -0.507. The fourth-order valence-corrected chi connectivity index (χ4v) is 7.28. The van der Waals surface area contributed by atoms with E-state index in [0.29, 0.717) is 42.7 Å². The van der Waals surface area contributed by atoms with Crippen LogP contribution in [0.25, 0.3) is 0 Å².